The van der Waals surface area contributed by atoms with Crippen LogP contribution >= 0.6 is 0 Å². The van der Waals surface area contributed by atoms with Gasteiger partial charge in [0.25, 0.3) is 0 Å². The van der Waals surface area contributed by atoms with Crippen molar-refractivity contribution in [1.29, 1.82) is 0 Å². The van der Waals surface area contributed by atoms with Crippen molar-refractivity contribution in [2.75, 3.05) is 13.2 Å². The Morgan fingerprint density at radius 2 is 0.565 bits per heavy atom. The molecular formula is C44H62O2. The number of benzene rings is 3. The van der Waals surface area contributed by atoms with Crippen LogP contribution < -0.4 is 9.47 Å². The Balaban J connectivity index is 1.28. The maximum Gasteiger partial charge on any atom is 0.119 e. The largest absolute Gasteiger partial charge is 0.494 e. The van der Waals surface area contributed by atoms with E-state index >= 15 is 0 Å². The second kappa shape index (κ2) is 24.9. The van der Waals surface area contributed by atoms with Gasteiger partial charge in [0.15, 0.2) is 0 Å². The summed E-state index contributed by atoms with van der Waals surface area (Å²) in [6.45, 7) is 6.17. The van der Waals surface area contributed by atoms with Crippen LogP contribution in [0, 0.1) is 0 Å². The van der Waals surface area contributed by atoms with Gasteiger partial charge in [0.05, 0.1) is 13.2 Å². The lowest BCUT2D eigenvalue weighted by atomic mass is 10.1. The topological polar surface area (TPSA) is 18.5 Å². The number of hydrogen-bond acceptors (Lipinski definition) is 2. The fourth-order valence-corrected chi connectivity index (χ4v) is 5.66. The van der Waals surface area contributed by atoms with Crippen molar-refractivity contribution in [2.24, 2.45) is 0 Å². The summed E-state index contributed by atoms with van der Waals surface area (Å²) < 4.78 is 11.9. The van der Waals surface area contributed by atoms with Gasteiger partial charge in [0, 0.05) is 0 Å². The molecule has 2 heteroatoms. The van der Waals surface area contributed by atoms with Crippen molar-refractivity contribution in [3.05, 3.63) is 95.1 Å². The lowest BCUT2D eigenvalue weighted by molar-refractivity contribution is 0.304. The van der Waals surface area contributed by atoms with Gasteiger partial charge in [-0.05, 0) is 59.4 Å². The van der Waals surface area contributed by atoms with Crippen molar-refractivity contribution >= 4 is 24.3 Å². The van der Waals surface area contributed by atoms with Gasteiger partial charge < -0.3 is 9.47 Å². The minimum absolute atomic E-state index is 0.810. The zero-order chi connectivity index (χ0) is 32.3. The summed E-state index contributed by atoms with van der Waals surface area (Å²) in [4.78, 5) is 0. The first-order chi connectivity index (χ1) is 22.8. The molecule has 46 heavy (non-hydrogen) atoms. The fourth-order valence-electron chi connectivity index (χ4n) is 5.66. The van der Waals surface area contributed by atoms with E-state index in [0.29, 0.717) is 0 Å². The molecule has 0 radical (unpaired) electrons. The predicted molar refractivity (Wildman–Crippen MR) is 203 cm³/mol. The third-order valence-corrected chi connectivity index (χ3v) is 8.67. The molecule has 0 aromatic heterocycles. The molecule has 0 aliphatic carbocycles. The van der Waals surface area contributed by atoms with E-state index < -0.39 is 0 Å². The molecule has 0 aliphatic rings. The fraction of sp³-hybridized carbons (Fsp3) is 0.500. The van der Waals surface area contributed by atoms with Crippen LogP contribution in [0.25, 0.3) is 24.3 Å². The number of hydrogen-bond donors (Lipinski definition) is 0. The molecule has 0 fully saturated rings. The van der Waals surface area contributed by atoms with Gasteiger partial charge in [0.2, 0.25) is 0 Å². The highest BCUT2D eigenvalue weighted by Crippen LogP contribution is 2.18. The summed E-state index contributed by atoms with van der Waals surface area (Å²) in [6, 6.07) is 25.5. The second-order valence-electron chi connectivity index (χ2n) is 12.8. The zero-order valence-corrected chi connectivity index (χ0v) is 29.2. The van der Waals surface area contributed by atoms with Crippen molar-refractivity contribution in [1.82, 2.24) is 0 Å². The van der Waals surface area contributed by atoms with Crippen molar-refractivity contribution in [3.8, 4) is 11.5 Å². The van der Waals surface area contributed by atoms with Crippen LogP contribution in [0.3, 0.4) is 0 Å². The Morgan fingerprint density at radius 3 is 0.848 bits per heavy atom. The van der Waals surface area contributed by atoms with Crippen LogP contribution in [0.1, 0.15) is 152 Å². The highest BCUT2D eigenvalue weighted by atomic mass is 16.5. The van der Waals surface area contributed by atoms with E-state index in [1.165, 1.54) is 125 Å². The van der Waals surface area contributed by atoms with E-state index in [-0.39, 0.29) is 0 Å². The van der Waals surface area contributed by atoms with Gasteiger partial charge in [-0.25, -0.2) is 0 Å². The number of rotatable bonds is 26. The Hall–Kier alpha value is -3.26. The Labute approximate surface area is 282 Å². The predicted octanol–water partition coefficient (Wildman–Crippen LogP) is 13.8. The van der Waals surface area contributed by atoms with Crippen LogP contribution in [-0.2, 0) is 0 Å². The standard InChI is InChI=1S/C44H62O2/c1-3-5-7-9-11-13-15-17-19-37-45-43-33-29-41(30-34-43)27-25-39-21-23-40(24-22-39)26-28-42-31-35-44(36-32-42)46-38-20-18-16-14-12-10-8-6-4-2/h21-36H,3-20,37-38H2,1-2H3/b27-25+,28-26+. The lowest BCUT2D eigenvalue weighted by Gasteiger charge is -2.07. The zero-order valence-electron chi connectivity index (χ0n) is 29.2. The number of unbranched alkanes of at least 4 members (excludes halogenated alkanes) is 16. The summed E-state index contributed by atoms with van der Waals surface area (Å²) in [5, 5.41) is 0. The molecule has 250 valence electrons. The molecule has 0 atom stereocenters. The normalized spacial score (nSPS) is 11.5. The molecule has 0 heterocycles. The van der Waals surface area contributed by atoms with Gasteiger partial charge in [-0.1, -0.05) is 189 Å². The van der Waals surface area contributed by atoms with Crippen LogP contribution in [0.2, 0.25) is 0 Å². The van der Waals surface area contributed by atoms with Crippen molar-refractivity contribution in [2.45, 2.75) is 129 Å². The Bertz CT molecular complexity index is 1090. The third kappa shape index (κ3) is 17.4. The quantitative estimate of drug-likeness (QED) is 0.0655. The maximum atomic E-state index is 5.96. The first kappa shape index (κ1) is 37.2. The molecule has 0 amide bonds. The molecule has 0 N–H and O–H groups in total. The first-order valence-electron chi connectivity index (χ1n) is 18.7. The minimum Gasteiger partial charge on any atom is -0.494 e. The van der Waals surface area contributed by atoms with E-state index in [0.717, 1.165) is 37.6 Å². The summed E-state index contributed by atoms with van der Waals surface area (Å²) in [5.41, 5.74) is 4.74. The summed E-state index contributed by atoms with van der Waals surface area (Å²) in [7, 11) is 0. The summed E-state index contributed by atoms with van der Waals surface area (Å²) in [6.07, 6.45) is 32.7. The van der Waals surface area contributed by atoms with Crippen molar-refractivity contribution < 1.29 is 9.47 Å². The smallest absolute Gasteiger partial charge is 0.119 e. The molecule has 3 aromatic carbocycles. The van der Waals surface area contributed by atoms with Gasteiger partial charge >= 0.3 is 0 Å². The molecule has 0 aliphatic heterocycles. The highest BCUT2D eigenvalue weighted by molar-refractivity contribution is 5.73. The molecule has 0 spiro atoms. The Morgan fingerprint density at radius 1 is 0.326 bits per heavy atom. The first-order valence-corrected chi connectivity index (χ1v) is 18.7. The summed E-state index contributed by atoms with van der Waals surface area (Å²) >= 11 is 0. The molecule has 3 aromatic rings. The Kier molecular flexibility index (Phi) is 20.1. The van der Waals surface area contributed by atoms with Crippen LogP contribution in [-0.4, -0.2) is 13.2 Å². The van der Waals surface area contributed by atoms with Gasteiger partial charge in [-0.2, -0.15) is 0 Å². The van der Waals surface area contributed by atoms with E-state index in [2.05, 4.69) is 111 Å². The molecular weight excluding hydrogens is 560 g/mol. The summed E-state index contributed by atoms with van der Waals surface area (Å²) in [5.74, 6) is 1.92. The van der Waals surface area contributed by atoms with Gasteiger partial charge in [-0.15, -0.1) is 0 Å². The molecule has 0 unspecified atom stereocenters. The van der Waals surface area contributed by atoms with Crippen LogP contribution in [0.4, 0.5) is 0 Å². The lowest BCUT2D eigenvalue weighted by Crippen LogP contribution is -1.97. The van der Waals surface area contributed by atoms with Crippen LogP contribution in [0.15, 0.2) is 72.8 Å². The van der Waals surface area contributed by atoms with Gasteiger partial charge in [-0.3, -0.25) is 0 Å². The monoisotopic (exact) mass is 622 g/mol. The van der Waals surface area contributed by atoms with E-state index in [1.807, 2.05) is 0 Å². The molecule has 3 rings (SSSR count). The third-order valence-electron chi connectivity index (χ3n) is 8.67. The molecule has 2 nitrogen and oxygen atoms in total. The maximum absolute atomic E-state index is 5.96. The highest BCUT2D eigenvalue weighted by Gasteiger charge is 1.98. The van der Waals surface area contributed by atoms with Crippen LogP contribution in [0.5, 0.6) is 11.5 Å². The minimum atomic E-state index is 0.810. The molecule has 0 bridgehead atoms. The molecule has 0 saturated heterocycles. The van der Waals surface area contributed by atoms with E-state index in [9.17, 15) is 0 Å². The number of ether oxygens (including phenoxy) is 2. The average Bonchev–Trinajstić information content (AvgIpc) is 3.09. The SMILES string of the molecule is CCCCCCCCCCCOc1ccc(/C=C/c2ccc(/C=C/c3ccc(OCCCCCCCCCCC)cc3)cc2)cc1. The second-order valence-corrected chi connectivity index (χ2v) is 12.8. The average molecular weight is 623 g/mol. The van der Waals surface area contributed by atoms with E-state index in [1.54, 1.807) is 0 Å². The van der Waals surface area contributed by atoms with Crippen molar-refractivity contribution in [3.63, 3.8) is 0 Å². The molecule has 0 saturated carbocycles. The van der Waals surface area contributed by atoms with Gasteiger partial charge in [0.1, 0.15) is 11.5 Å². The van der Waals surface area contributed by atoms with E-state index in [4.69, 9.17) is 9.47 Å².